The number of esters is 2. The summed E-state index contributed by atoms with van der Waals surface area (Å²) in [4.78, 5) is 46.0. The first-order valence-corrected chi connectivity index (χ1v) is 23.2. The van der Waals surface area contributed by atoms with Crippen molar-refractivity contribution in [1.82, 2.24) is 0 Å². The molecule has 0 aliphatic rings. The molecule has 0 aromatic carbocycles. The Labute approximate surface area is 355 Å². The Morgan fingerprint density at radius 1 is 0.627 bits per heavy atom. The van der Waals surface area contributed by atoms with Gasteiger partial charge in [0.2, 0.25) is 0 Å². The predicted molar refractivity (Wildman–Crippen MR) is 236 cm³/mol. The van der Waals surface area contributed by atoms with Crippen molar-refractivity contribution in [3.05, 3.63) is 85.1 Å². The van der Waals surface area contributed by atoms with E-state index in [1.54, 1.807) is 6.08 Å². The highest BCUT2D eigenvalue weighted by molar-refractivity contribution is 7.47. The third kappa shape index (κ3) is 39.8. The molecule has 0 aliphatic heterocycles. The Morgan fingerprint density at radius 3 is 1.76 bits per heavy atom. The number of aliphatic hydroxyl groups is 1. The Hall–Kier alpha value is -3.38. The quantitative estimate of drug-likeness (QED) is 0.0151. The van der Waals surface area contributed by atoms with Crippen LogP contribution < -0.4 is 5.73 Å². The van der Waals surface area contributed by atoms with Crippen molar-refractivity contribution in [3.8, 4) is 0 Å². The number of nitrogens with two attached hydrogens (primary N) is 1. The highest BCUT2D eigenvalue weighted by Crippen LogP contribution is 2.43. The summed E-state index contributed by atoms with van der Waals surface area (Å²) in [5, 5.41) is 18.8. The summed E-state index contributed by atoms with van der Waals surface area (Å²) in [6.45, 7) is 2.48. The van der Waals surface area contributed by atoms with Crippen LogP contribution in [0.5, 0.6) is 0 Å². The van der Waals surface area contributed by atoms with Crippen LogP contribution in [0.3, 0.4) is 0 Å². The molecule has 336 valence electrons. The van der Waals surface area contributed by atoms with Crippen molar-refractivity contribution in [2.24, 2.45) is 5.73 Å². The van der Waals surface area contributed by atoms with Crippen molar-refractivity contribution >= 4 is 25.7 Å². The normalized spacial score (nSPS) is 15.1. The molecule has 0 aliphatic carbocycles. The number of ether oxygens (including phenoxy) is 2. The van der Waals surface area contributed by atoms with Crippen molar-refractivity contribution in [2.75, 3.05) is 19.8 Å². The standard InChI is InChI=1S/C46H76NO11P/c1-3-5-7-8-9-10-11-12-13-14-15-16-17-18-19-22-26-29-33-37-45(50)58-42(39-56-59(53,54)57-40-43(47)46(51)52)38-55-44(49)36-32-28-25-23-20-21-24-27-31-35-41(48)34-30-6-4-2/h6,9-10,12-13,15-16,18-19,24,27,30-31,35,41-43,48H,3-5,7-8,11,14,17,20-23,25-26,28-29,32-34,36-40,47H2,1-2H3,(H,51,52)(H,53,54)/b10-9-,13-12-,16-15-,19-18-,27-24+,30-6+,35-31+/t41?,42-,43+/m1/s1. The molecule has 0 spiro atoms. The second-order valence-corrected chi connectivity index (χ2v) is 15.7. The molecule has 0 amide bonds. The van der Waals surface area contributed by atoms with Gasteiger partial charge in [-0.05, 0) is 83.5 Å². The lowest BCUT2D eigenvalue weighted by Gasteiger charge is -2.20. The van der Waals surface area contributed by atoms with E-state index in [4.69, 9.17) is 24.8 Å². The van der Waals surface area contributed by atoms with Crippen LogP contribution in [0.1, 0.15) is 149 Å². The third-order valence-corrected chi connectivity index (χ3v) is 9.66. The smallest absolute Gasteiger partial charge is 0.472 e. The van der Waals surface area contributed by atoms with E-state index in [9.17, 15) is 28.9 Å². The van der Waals surface area contributed by atoms with Gasteiger partial charge in [-0.3, -0.25) is 23.4 Å². The number of unbranched alkanes of at least 4 members (excludes halogenated alkanes) is 11. The minimum Gasteiger partial charge on any atom is -0.480 e. The number of hydrogen-bond acceptors (Lipinski definition) is 10. The number of carbonyl (C=O) groups excluding carboxylic acids is 2. The van der Waals surface area contributed by atoms with E-state index in [1.165, 1.54) is 19.3 Å². The zero-order chi connectivity index (χ0) is 43.7. The average Bonchev–Trinajstić information content (AvgIpc) is 3.20. The number of hydrogen-bond donors (Lipinski definition) is 4. The lowest BCUT2D eigenvalue weighted by molar-refractivity contribution is -0.161. The zero-order valence-corrected chi connectivity index (χ0v) is 36.8. The van der Waals surface area contributed by atoms with Crippen LogP contribution in [0.25, 0.3) is 0 Å². The molecule has 0 aromatic heterocycles. The van der Waals surface area contributed by atoms with E-state index in [0.29, 0.717) is 19.3 Å². The second-order valence-electron chi connectivity index (χ2n) is 14.3. The maximum absolute atomic E-state index is 12.6. The van der Waals surface area contributed by atoms with Crippen LogP contribution in [0.2, 0.25) is 0 Å². The minimum absolute atomic E-state index is 0.104. The van der Waals surface area contributed by atoms with E-state index in [1.807, 2.05) is 24.3 Å². The largest absolute Gasteiger partial charge is 0.480 e. The highest BCUT2D eigenvalue weighted by Gasteiger charge is 2.28. The van der Waals surface area contributed by atoms with Crippen molar-refractivity contribution in [3.63, 3.8) is 0 Å². The molecule has 0 radical (unpaired) electrons. The van der Waals surface area contributed by atoms with Crippen molar-refractivity contribution in [2.45, 2.75) is 167 Å². The first kappa shape index (κ1) is 55.6. The molecule has 59 heavy (non-hydrogen) atoms. The molecular weight excluding hydrogens is 773 g/mol. The number of phosphoric ester groups is 1. The molecule has 0 fully saturated rings. The van der Waals surface area contributed by atoms with Gasteiger partial charge >= 0.3 is 25.7 Å². The van der Waals surface area contributed by atoms with Gasteiger partial charge in [0.1, 0.15) is 12.6 Å². The summed E-state index contributed by atoms with van der Waals surface area (Å²) in [6, 6.07) is -1.54. The van der Waals surface area contributed by atoms with Gasteiger partial charge in [-0.15, -0.1) is 0 Å². The summed E-state index contributed by atoms with van der Waals surface area (Å²) >= 11 is 0. The van der Waals surface area contributed by atoms with Gasteiger partial charge in [-0.1, -0.05) is 137 Å². The van der Waals surface area contributed by atoms with E-state index in [-0.39, 0.29) is 12.8 Å². The van der Waals surface area contributed by atoms with Gasteiger partial charge in [0.25, 0.3) is 0 Å². The molecule has 0 rings (SSSR count). The Morgan fingerprint density at radius 2 is 1.15 bits per heavy atom. The monoisotopic (exact) mass is 850 g/mol. The molecule has 2 unspecified atom stereocenters. The fraction of sp³-hybridized carbons (Fsp3) is 0.630. The Bertz CT molecular complexity index is 1340. The lowest BCUT2D eigenvalue weighted by atomic mass is 10.1. The topological polar surface area (TPSA) is 192 Å². The molecule has 0 aromatic rings. The van der Waals surface area contributed by atoms with Gasteiger partial charge in [0, 0.05) is 12.8 Å². The molecular formula is C46H76NO11P. The molecule has 5 N–H and O–H groups in total. The van der Waals surface area contributed by atoms with E-state index >= 15 is 0 Å². The first-order valence-electron chi connectivity index (χ1n) is 21.7. The van der Waals surface area contributed by atoms with Gasteiger partial charge in [0.15, 0.2) is 6.10 Å². The fourth-order valence-electron chi connectivity index (χ4n) is 5.26. The molecule has 0 saturated carbocycles. The fourth-order valence-corrected chi connectivity index (χ4v) is 6.04. The summed E-state index contributed by atoms with van der Waals surface area (Å²) in [6.07, 6.45) is 45.5. The molecule has 4 atom stereocenters. The number of allylic oxidation sites excluding steroid dienone is 12. The van der Waals surface area contributed by atoms with Gasteiger partial charge in [-0.25, -0.2) is 4.57 Å². The third-order valence-electron chi connectivity index (χ3n) is 8.71. The molecule has 0 heterocycles. The van der Waals surface area contributed by atoms with Crippen molar-refractivity contribution < 1.29 is 52.6 Å². The molecule has 0 bridgehead atoms. The number of aliphatic carboxylic acids is 1. The van der Waals surface area contributed by atoms with E-state index < -0.39 is 63.8 Å². The van der Waals surface area contributed by atoms with Crippen LogP contribution in [-0.4, -0.2) is 71.1 Å². The van der Waals surface area contributed by atoms with Crippen molar-refractivity contribution in [1.29, 1.82) is 0 Å². The van der Waals surface area contributed by atoms with Gasteiger partial charge < -0.3 is 30.3 Å². The first-order chi connectivity index (χ1) is 28.5. The summed E-state index contributed by atoms with van der Waals surface area (Å²) in [5.41, 5.74) is 5.32. The number of aliphatic hydroxyl groups excluding tert-OH is 1. The maximum atomic E-state index is 12.6. The number of rotatable bonds is 39. The zero-order valence-electron chi connectivity index (χ0n) is 35.9. The number of carboxylic acid groups (broad SMARTS) is 1. The summed E-state index contributed by atoms with van der Waals surface area (Å²) in [5.74, 6) is -2.49. The lowest BCUT2D eigenvalue weighted by Crippen LogP contribution is -2.34. The van der Waals surface area contributed by atoms with Crippen LogP contribution >= 0.6 is 7.82 Å². The Kier molecular flexibility index (Phi) is 37.8. The van der Waals surface area contributed by atoms with Crippen LogP contribution in [-0.2, 0) is 37.5 Å². The summed E-state index contributed by atoms with van der Waals surface area (Å²) < 4.78 is 32.6. The number of carboxylic acids is 1. The van der Waals surface area contributed by atoms with Gasteiger partial charge in [-0.2, -0.15) is 0 Å². The maximum Gasteiger partial charge on any atom is 0.472 e. The predicted octanol–water partition coefficient (Wildman–Crippen LogP) is 10.5. The SMILES string of the molecule is CC/C=C/CC(O)/C=C/C=C/CCCCCCCC(=O)OC[C@H](COP(=O)(O)OC[C@H](N)C(=O)O)OC(=O)CCCCC/C=C\C/C=C\C/C=C\C/C=C\CCCCC. The highest BCUT2D eigenvalue weighted by atomic mass is 31.2. The van der Waals surface area contributed by atoms with Crippen LogP contribution in [0.4, 0.5) is 0 Å². The number of carbonyl (C=O) groups is 3. The minimum atomic E-state index is -4.75. The summed E-state index contributed by atoms with van der Waals surface area (Å²) in [7, 11) is -4.75. The van der Waals surface area contributed by atoms with Crippen LogP contribution in [0.15, 0.2) is 85.1 Å². The molecule has 0 saturated heterocycles. The van der Waals surface area contributed by atoms with Crippen LogP contribution in [0, 0.1) is 0 Å². The van der Waals surface area contributed by atoms with E-state index in [2.05, 4.69) is 73.1 Å². The van der Waals surface area contributed by atoms with Gasteiger partial charge in [0.05, 0.1) is 19.3 Å². The van der Waals surface area contributed by atoms with E-state index in [0.717, 1.165) is 83.5 Å². The molecule has 13 heteroatoms. The number of phosphoric acid groups is 1. The second kappa shape index (κ2) is 40.0. The average molecular weight is 850 g/mol. The molecule has 12 nitrogen and oxygen atoms in total. The Balaban J connectivity index is 4.52.